The number of aliphatic imine (C=N–C) groups is 1. The summed E-state index contributed by atoms with van der Waals surface area (Å²) >= 11 is 0. The van der Waals surface area contributed by atoms with E-state index >= 15 is 0 Å². The van der Waals surface area contributed by atoms with Crippen molar-refractivity contribution in [3.63, 3.8) is 0 Å². The Balaban J connectivity index is 2.40. The first-order valence-corrected chi connectivity index (χ1v) is 3.03. The van der Waals surface area contributed by atoms with Crippen LogP contribution < -0.4 is 0 Å². The van der Waals surface area contributed by atoms with Gasteiger partial charge in [-0.1, -0.05) is 0 Å². The van der Waals surface area contributed by atoms with E-state index in [1.807, 2.05) is 0 Å². The molecule has 2 N–H and O–H groups in total. The van der Waals surface area contributed by atoms with E-state index in [-0.39, 0.29) is 6.61 Å². The number of hydrogen-bond acceptors (Lipinski definition) is 3. The summed E-state index contributed by atoms with van der Waals surface area (Å²) in [6.45, 7) is 0.512. The fourth-order valence-electron chi connectivity index (χ4n) is 0.557. The van der Waals surface area contributed by atoms with Crippen LogP contribution in [0.2, 0.25) is 0 Å². The van der Waals surface area contributed by atoms with Crippen molar-refractivity contribution in [2.45, 2.75) is 0 Å². The monoisotopic (exact) mass is 139 g/mol. The van der Waals surface area contributed by atoms with Crippen molar-refractivity contribution in [3.05, 3.63) is 18.2 Å². The zero-order valence-electron chi connectivity index (χ0n) is 5.49. The minimum absolute atomic E-state index is 0.0806. The predicted octanol–water partition coefficient (Wildman–Crippen LogP) is -0.179. The minimum Gasteiger partial charge on any atom is -0.394 e. The molecule has 1 rings (SSSR count). The average Bonchev–Trinajstić information content (AvgIpc) is 2.41. The molecule has 1 aromatic rings. The first kappa shape index (κ1) is 6.95. The lowest BCUT2D eigenvalue weighted by Crippen LogP contribution is -1.90. The summed E-state index contributed by atoms with van der Waals surface area (Å²) < 4.78 is 0. The van der Waals surface area contributed by atoms with Gasteiger partial charge in [-0.3, -0.25) is 4.99 Å². The lowest BCUT2D eigenvalue weighted by Gasteiger charge is -1.83. The summed E-state index contributed by atoms with van der Waals surface area (Å²) in [4.78, 5) is 10.6. The van der Waals surface area contributed by atoms with Crippen LogP contribution in [0.4, 0.5) is 0 Å². The molecule has 0 bridgehead atoms. The first-order valence-electron chi connectivity index (χ1n) is 3.03. The molecule has 54 valence electrons. The van der Waals surface area contributed by atoms with Gasteiger partial charge >= 0.3 is 0 Å². The lowest BCUT2D eigenvalue weighted by atomic mass is 10.6. The summed E-state index contributed by atoms with van der Waals surface area (Å²) in [6, 6.07) is 0. The van der Waals surface area contributed by atoms with Gasteiger partial charge in [-0.2, -0.15) is 0 Å². The Bertz CT molecular complexity index is 193. The van der Waals surface area contributed by atoms with E-state index in [1.165, 1.54) is 0 Å². The van der Waals surface area contributed by atoms with Gasteiger partial charge in [0.1, 0.15) is 5.82 Å². The number of H-pyrrole nitrogens is 1. The van der Waals surface area contributed by atoms with Crippen LogP contribution in [0.5, 0.6) is 0 Å². The summed E-state index contributed by atoms with van der Waals surface area (Å²) in [5.74, 6) is 0.716. The van der Waals surface area contributed by atoms with Crippen LogP contribution in [-0.2, 0) is 0 Å². The van der Waals surface area contributed by atoms with Gasteiger partial charge in [0.2, 0.25) is 0 Å². The number of hydrogen-bond donors (Lipinski definition) is 2. The van der Waals surface area contributed by atoms with Gasteiger partial charge in [0.25, 0.3) is 0 Å². The van der Waals surface area contributed by atoms with Gasteiger partial charge in [0.15, 0.2) is 0 Å². The number of imidazole rings is 1. The van der Waals surface area contributed by atoms with E-state index in [9.17, 15) is 0 Å². The number of aliphatic hydroxyl groups excluding tert-OH is 1. The molecule has 0 saturated heterocycles. The van der Waals surface area contributed by atoms with Gasteiger partial charge in [-0.25, -0.2) is 4.98 Å². The third kappa shape index (κ3) is 1.99. The zero-order valence-corrected chi connectivity index (χ0v) is 5.49. The van der Waals surface area contributed by atoms with Gasteiger partial charge in [-0.05, 0) is 0 Å². The fraction of sp³-hybridized carbons (Fsp3) is 0.333. The predicted molar refractivity (Wildman–Crippen MR) is 38.1 cm³/mol. The molecule has 0 aliphatic rings. The third-order valence-electron chi connectivity index (χ3n) is 0.962. The highest BCUT2D eigenvalue weighted by atomic mass is 16.3. The van der Waals surface area contributed by atoms with E-state index < -0.39 is 0 Å². The van der Waals surface area contributed by atoms with Crippen molar-refractivity contribution in [2.75, 3.05) is 13.2 Å². The Hall–Kier alpha value is -1.16. The molecule has 0 spiro atoms. The van der Waals surface area contributed by atoms with Crippen LogP contribution >= 0.6 is 0 Å². The maximum atomic E-state index is 8.35. The quantitative estimate of drug-likeness (QED) is 0.571. The maximum Gasteiger partial charge on any atom is 0.147 e. The molecule has 4 nitrogen and oxygen atoms in total. The van der Waals surface area contributed by atoms with Crippen molar-refractivity contribution in [2.24, 2.45) is 4.99 Å². The summed E-state index contributed by atoms with van der Waals surface area (Å²) in [6.07, 6.45) is 4.97. The molecule has 0 atom stereocenters. The molecule has 0 fully saturated rings. The number of aliphatic hydroxyl groups is 1. The molecular weight excluding hydrogens is 130 g/mol. The lowest BCUT2D eigenvalue weighted by molar-refractivity contribution is 0.307. The van der Waals surface area contributed by atoms with Gasteiger partial charge in [-0.15, -0.1) is 0 Å². The topological polar surface area (TPSA) is 61.3 Å². The maximum absolute atomic E-state index is 8.35. The van der Waals surface area contributed by atoms with E-state index in [1.54, 1.807) is 18.6 Å². The van der Waals surface area contributed by atoms with Crippen LogP contribution in [-0.4, -0.2) is 34.4 Å². The number of aromatic nitrogens is 2. The molecule has 0 aliphatic heterocycles. The molecule has 0 radical (unpaired) electrons. The van der Waals surface area contributed by atoms with Gasteiger partial charge in [0.05, 0.1) is 19.4 Å². The van der Waals surface area contributed by atoms with Crippen molar-refractivity contribution < 1.29 is 5.11 Å². The van der Waals surface area contributed by atoms with Crippen LogP contribution in [0.25, 0.3) is 0 Å². The molecular formula is C6H9N3O. The summed E-state index contributed by atoms with van der Waals surface area (Å²) in [5, 5.41) is 8.35. The van der Waals surface area contributed by atoms with E-state index in [0.717, 1.165) is 0 Å². The molecule has 0 aliphatic carbocycles. The van der Waals surface area contributed by atoms with Crippen molar-refractivity contribution in [1.29, 1.82) is 0 Å². The molecule has 0 unspecified atom stereocenters. The highest BCUT2D eigenvalue weighted by Gasteiger charge is 1.84. The Morgan fingerprint density at radius 3 is 3.30 bits per heavy atom. The molecule has 10 heavy (non-hydrogen) atoms. The van der Waals surface area contributed by atoms with E-state index in [0.29, 0.717) is 12.4 Å². The van der Waals surface area contributed by atoms with Crippen molar-refractivity contribution in [3.8, 4) is 0 Å². The number of aromatic amines is 1. The third-order valence-corrected chi connectivity index (χ3v) is 0.962. The minimum atomic E-state index is 0.0806. The van der Waals surface area contributed by atoms with Crippen LogP contribution in [0.1, 0.15) is 5.82 Å². The fourth-order valence-corrected chi connectivity index (χ4v) is 0.557. The Morgan fingerprint density at radius 2 is 2.70 bits per heavy atom. The smallest absolute Gasteiger partial charge is 0.147 e. The SMILES string of the molecule is OCC/N=C/c1ncc[nH]1. The summed E-state index contributed by atoms with van der Waals surface area (Å²) in [7, 11) is 0. The van der Waals surface area contributed by atoms with Crippen molar-refractivity contribution >= 4 is 6.21 Å². The van der Waals surface area contributed by atoms with Gasteiger partial charge in [0, 0.05) is 12.4 Å². The molecule has 0 aromatic carbocycles. The Kier molecular flexibility index (Phi) is 2.63. The number of rotatable bonds is 3. The standard InChI is InChI=1S/C6H9N3O/c10-4-3-7-5-6-8-1-2-9-6/h1-2,5,10H,3-4H2,(H,8,9)/b7-5+. The highest BCUT2D eigenvalue weighted by molar-refractivity contribution is 5.74. The van der Waals surface area contributed by atoms with Crippen LogP contribution in [0.3, 0.4) is 0 Å². The summed E-state index contributed by atoms with van der Waals surface area (Å²) in [5.41, 5.74) is 0. The van der Waals surface area contributed by atoms with Crippen molar-refractivity contribution in [1.82, 2.24) is 9.97 Å². The number of nitrogens with one attached hydrogen (secondary N) is 1. The molecule has 4 heteroatoms. The average molecular weight is 139 g/mol. The van der Waals surface area contributed by atoms with E-state index in [4.69, 9.17) is 5.11 Å². The molecule has 1 heterocycles. The zero-order chi connectivity index (χ0) is 7.23. The molecule has 0 saturated carbocycles. The van der Waals surface area contributed by atoms with E-state index in [2.05, 4.69) is 15.0 Å². The molecule has 0 amide bonds. The highest BCUT2D eigenvalue weighted by Crippen LogP contribution is 1.81. The normalized spacial score (nSPS) is 10.9. The second-order valence-corrected chi connectivity index (χ2v) is 1.73. The van der Waals surface area contributed by atoms with Gasteiger partial charge < -0.3 is 10.1 Å². The Labute approximate surface area is 58.6 Å². The van der Waals surface area contributed by atoms with Crippen LogP contribution in [0, 0.1) is 0 Å². The first-order chi connectivity index (χ1) is 4.93. The Morgan fingerprint density at radius 1 is 1.80 bits per heavy atom. The molecule has 1 aromatic heterocycles. The second kappa shape index (κ2) is 3.79. The number of nitrogens with zero attached hydrogens (tertiary/aromatic N) is 2. The van der Waals surface area contributed by atoms with Crippen LogP contribution in [0.15, 0.2) is 17.4 Å². The second-order valence-electron chi connectivity index (χ2n) is 1.73. The largest absolute Gasteiger partial charge is 0.394 e.